The average Bonchev–Trinajstić information content (AvgIpc) is 2.87. The number of alkyl halides is 3. The molecule has 0 spiro atoms. The monoisotopic (exact) mass is 408 g/mol. The first-order valence-corrected chi connectivity index (χ1v) is 8.43. The number of halogens is 5. The molecule has 0 radical (unpaired) electrons. The third-order valence-corrected chi connectivity index (χ3v) is 5.21. The topological polar surface area (TPSA) is 32.3 Å². The van der Waals surface area contributed by atoms with Crippen molar-refractivity contribution < 1.29 is 18.0 Å². The van der Waals surface area contributed by atoms with E-state index in [2.05, 4.69) is 5.32 Å². The second-order valence-electron chi connectivity index (χ2n) is 6.68. The summed E-state index contributed by atoms with van der Waals surface area (Å²) in [6.07, 6.45) is 1.31. The van der Waals surface area contributed by atoms with Gasteiger partial charge in [-0.3, -0.25) is 4.79 Å². The lowest BCUT2D eigenvalue weighted by Gasteiger charge is -2.30. The SMILES string of the molecule is Cl.Cl.O=C1c2c(cc(C3=CCCCC3)cc2C(F)(F)F)[C@@H]2CNCCN12. The minimum Gasteiger partial charge on any atom is -0.329 e. The van der Waals surface area contributed by atoms with Crippen LogP contribution in [0.15, 0.2) is 18.2 Å². The summed E-state index contributed by atoms with van der Waals surface area (Å²) < 4.78 is 40.9. The fraction of sp³-hybridized carbons (Fsp3) is 0.500. The highest BCUT2D eigenvalue weighted by molar-refractivity contribution is 6.01. The Kier molecular flexibility index (Phi) is 6.31. The van der Waals surface area contributed by atoms with E-state index in [1.54, 1.807) is 4.90 Å². The lowest BCUT2D eigenvalue weighted by molar-refractivity contribution is -0.138. The van der Waals surface area contributed by atoms with E-state index in [0.717, 1.165) is 31.3 Å². The predicted molar refractivity (Wildman–Crippen MR) is 99.0 cm³/mol. The van der Waals surface area contributed by atoms with Gasteiger partial charge in [0.05, 0.1) is 17.2 Å². The number of hydrogen-bond donors (Lipinski definition) is 1. The molecule has 2 heterocycles. The number of rotatable bonds is 1. The summed E-state index contributed by atoms with van der Waals surface area (Å²) in [4.78, 5) is 14.1. The maximum Gasteiger partial charge on any atom is 0.417 e. The fourth-order valence-corrected chi connectivity index (χ4v) is 4.04. The summed E-state index contributed by atoms with van der Waals surface area (Å²) in [6.45, 7) is 1.58. The molecule has 0 unspecified atom stereocenters. The zero-order valence-corrected chi connectivity index (χ0v) is 15.7. The maximum absolute atomic E-state index is 13.6. The molecule has 1 saturated heterocycles. The van der Waals surface area contributed by atoms with Crippen molar-refractivity contribution in [1.82, 2.24) is 10.2 Å². The number of allylic oxidation sites excluding steroid dienone is 2. The van der Waals surface area contributed by atoms with E-state index < -0.39 is 17.6 Å². The van der Waals surface area contributed by atoms with Gasteiger partial charge in [-0.05, 0) is 54.5 Å². The van der Waals surface area contributed by atoms with Gasteiger partial charge in [0.2, 0.25) is 0 Å². The molecule has 3 aliphatic rings. The van der Waals surface area contributed by atoms with Gasteiger partial charge in [-0.25, -0.2) is 0 Å². The standard InChI is InChI=1S/C18H19F3N2O.2ClH/c19-18(20,21)14-9-12(11-4-2-1-3-5-11)8-13-15-10-22-6-7-23(15)17(24)16(13)14;;/h4,8-9,15,22H,1-3,5-7,10H2;2*1H/t15-;;/m0../s1. The Morgan fingerprint density at radius 2 is 1.92 bits per heavy atom. The second-order valence-corrected chi connectivity index (χ2v) is 6.68. The summed E-state index contributed by atoms with van der Waals surface area (Å²) in [5.41, 5.74) is 1.21. The van der Waals surface area contributed by atoms with E-state index in [9.17, 15) is 18.0 Å². The van der Waals surface area contributed by atoms with Crippen LogP contribution in [0.1, 0.15) is 58.8 Å². The van der Waals surface area contributed by atoms with Gasteiger partial charge in [-0.15, -0.1) is 24.8 Å². The van der Waals surface area contributed by atoms with Gasteiger partial charge >= 0.3 is 6.18 Å². The Morgan fingerprint density at radius 1 is 1.15 bits per heavy atom. The molecule has 0 saturated carbocycles. The number of amides is 1. The van der Waals surface area contributed by atoms with Gasteiger partial charge in [-0.2, -0.15) is 13.2 Å². The van der Waals surface area contributed by atoms with E-state index >= 15 is 0 Å². The van der Waals surface area contributed by atoms with E-state index in [1.165, 1.54) is 6.07 Å². The van der Waals surface area contributed by atoms with Gasteiger partial charge in [0.15, 0.2) is 0 Å². The molecule has 0 aromatic heterocycles. The maximum atomic E-state index is 13.6. The Hall–Kier alpha value is -1.24. The number of hydrogen-bond acceptors (Lipinski definition) is 2. The first kappa shape index (κ1) is 21.1. The molecule has 3 nitrogen and oxygen atoms in total. The Labute approximate surface area is 162 Å². The van der Waals surface area contributed by atoms with E-state index in [4.69, 9.17) is 0 Å². The van der Waals surface area contributed by atoms with Crippen LogP contribution >= 0.6 is 24.8 Å². The number of benzene rings is 1. The summed E-state index contributed by atoms with van der Waals surface area (Å²) in [7, 11) is 0. The zero-order chi connectivity index (χ0) is 16.9. The second kappa shape index (κ2) is 7.79. The quantitative estimate of drug-likeness (QED) is 0.735. The molecule has 0 bridgehead atoms. The van der Waals surface area contributed by atoms with Crippen molar-refractivity contribution in [2.75, 3.05) is 19.6 Å². The van der Waals surface area contributed by atoms with Crippen molar-refractivity contribution in [2.24, 2.45) is 0 Å². The third kappa shape index (κ3) is 3.47. The Balaban J connectivity index is 0.00000121. The first-order valence-electron chi connectivity index (χ1n) is 8.43. The summed E-state index contributed by atoms with van der Waals surface area (Å²) in [5.74, 6) is -0.479. The molecule has 1 N–H and O–H groups in total. The summed E-state index contributed by atoms with van der Waals surface area (Å²) >= 11 is 0. The summed E-state index contributed by atoms with van der Waals surface area (Å²) in [6, 6.07) is 2.71. The fourth-order valence-electron chi connectivity index (χ4n) is 4.04. The first-order chi connectivity index (χ1) is 11.5. The van der Waals surface area contributed by atoms with Crippen LogP contribution in [0.25, 0.3) is 5.57 Å². The van der Waals surface area contributed by atoms with Crippen molar-refractivity contribution >= 4 is 36.3 Å². The van der Waals surface area contributed by atoms with Crippen LogP contribution in [-0.4, -0.2) is 30.4 Å². The molecular weight excluding hydrogens is 388 g/mol. The smallest absolute Gasteiger partial charge is 0.329 e. The molecule has 144 valence electrons. The third-order valence-electron chi connectivity index (χ3n) is 5.21. The highest BCUT2D eigenvalue weighted by atomic mass is 35.5. The van der Waals surface area contributed by atoms with Gasteiger partial charge in [0, 0.05) is 19.6 Å². The van der Waals surface area contributed by atoms with E-state index in [1.807, 2.05) is 12.1 Å². The van der Waals surface area contributed by atoms with Crippen LogP contribution in [0.5, 0.6) is 0 Å². The molecule has 1 amide bonds. The number of carbonyl (C=O) groups is 1. The lowest BCUT2D eigenvalue weighted by atomic mass is 9.88. The van der Waals surface area contributed by atoms with Gasteiger partial charge in [0.25, 0.3) is 5.91 Å². The highest BCUT2D eigenvalue weighted by Crippen LogP contribution is 2.44. The lowest BCUT2D eigenvalue weighted by Crippen LogP contribution is -2.44. The van der Waals surface area contributed by atoms with Crippen molar-refractivity contribution in [3.05, 3.63) is 40.5 Å². The molecule has 1 aromatic carbocycles. The van der Waals surface area contributed by atoms with Crippen LogP contribution in [0, 0.1) is 0 Å². The normalized spacial score (nSPS) is 22.0. The molecule has 1 atom stereocenters. The van der Waals surface area contributed by atoms with Crippen LogP contribution in [0.4, 0.5) is 13.2 Å². The molecule has 1 aliphatic carbocycles. The van der Waals surface area contributed by atoms with Crippen LogP contribution in [0.2, 0.25) is 0 Å². The Morgan fingerprint density at radius 3 is 2.58 bits per heavy atom. The van der Waals surface area contributed by atoms with Crippen LogP contribution < -0.4 is 5.32 Å². The molecule has 1 fully saturated rings. The molecular formula is C18H21Cl2F3N2O. The number of carbonyl (C=O) groups excluding carboxylic acids is 1. The van der Waals surface area contributed by atoms with E-state index in [0.29, 0.717) is 30.8 Å². The van der Waals surface area contributed by atoms with Crippen molar-refractivity contribution in [1.29, 1.82) is 0 Å². The number of nitrogens with one attached hydrogen (secondary N) is 1. The van der Waals surface area contributed by atoms with Crippen molar-refractivity contribution in [3.63, 3.8) is 0 Å². The number of nitrogens with zero attached hydrogens (tertiary/aromatic N) is 1. The van der Waals surface area contributed by atoms with Crippen LogP contribution in [-0.2, 0) is 6.18 Å². The molecule has 2 aliphatic heterocycles. The van der Waals surface area contributed by atoms with Crippen molar-refractivity contribution in [2.45, 2.75) is 37.9 Å². The number of piperazine rings is 1. The largest absolute Gasteiger partial charge is 0.417 e. The van der Waals surface area contributed by atoms with Crippen molar-refractivity contribution in [3.8, 4) is 0 Å². The minimum atomic E-state index is -4.52. The van der Waals surface area contributed by atoms with Gasteiger partial charge < -0.3 is 10.2 Å². The average molecular weight is 409 g/mol. The molecule has 4 rings (SSSR count). The predicted octanol–water partition coefficient (Wildman–Crippen LogP) is 4.61. The van der Waals surface area contributed by atoms with Crippen LogP contribution in [0.3, 0.4) is 0 Å². The van der Waals surface area contributed by atoms with Gasteiger partial charge in [0.1, 0.15) is 0 Å². The van der Waals surface area contributed by atoms with E-state index in [-0.39, 0.29) is 36.4 Å². The van der Waals surface area contributed by atoms with Gasteiger partial charge in [-0.1, -0.05) is 6.08 Å². The number of fused-ring (bicyclic) bond motifs is 3. The summed E-state index contributed by atoms with van der Waals surface area (Å²) in [5, 5.41) is 3.19. The molecule has 26 heavy (non-hydrogen) atoms. The molecule has 8 heteroatoms. The highest BCUT2D eigenvalue weighted by Gasteiger charge is 2.45. The Bertz CT molecular complexity index is 734. The minimum absolute atomic E-state index is 0. The molecule has 1 aromatic rings. The zero-order valence-electron chi connectivity index (χ0n) is 14.1.